The van der Waals surface area contributed by atoms with Gasteiger partial charge in [0.2, 0.25) is 5.91 Å². The molecule has 0 fully saturated rings. The monoisotopic (exact) mass is 376 g/mol. The van der Waals surface area contributed by atoms with Crippen LogP contribution in [0.4, 0.5) is 5.69 Å². The third-order valence-electron chi connectivity index (χ3n) is 3.73. The number of carbonyl (C=O) groups is 1. The molecule has 1 amide bonds. The molecular weight excluding hydrogens is 352 g/mol. The summed E-state index contributed by atoms with van der Waals surface area (Å²) in [5.41, 5.74) is 2.34. The standard InChI is InChI=1S/C22H24N4O2/c1-4-13-28-20-12-7-6-10-18(20)15-24-22(23-3)25-16-21(27)26-19-11-8-9-17(5-2)14-19/h2,4,6-12,14H,1,13,15-16H2,3H3,(H,26,27)(H2,23,24,25). The summed E-state index contributed by atoms with van der Waals surface area (Å²) in [6.07, 6.45) is 7.07. The average Bonchev–Trinajstić information content (AvgIpc) is 2.73. The lowest BCUT2D eigenvalue weighted by molar-refractivity contribution is -0.115. The molecule has 2 rings (SSSR count). The minimum Gasteiger partial charge on any atom is -0.489 e. The molecule has 0 bridgehead atoms. The Morgan fingerprint density at radius 1 is 1.25 bits per heavy atom. The summed E-state index contributed by atoms with van der Waals surface area (Å²) < 4.78 is 5.64. The summed E-state index contributed by atoms with van der Waals surface area (Å²) in [4.78, 5) is 16.3. The van der Waals surface area contributed by atoms with Crippen molar-refractivity contribution < 1.29 is 9.53 Å². The van der Waals surface area contributed by atoms with Crippen molar-refractivity contribution in [3.8, 4) is 18.1 Å². The highest BCUT2D eigenvalue weighted by atomic mass is 16.5. The number of nitrogens with zero attached hydrogens (tertiary/aromatic N) is 1. The van der Waals surface area contributed by atoms with Crippen molar-refractivity contribution in [1.29, 1.82) is 0 Å². The molecule has 0 aromatic heterocycles. The first-order valence-electron chi connectivity index (χ1n) is 8.79. The van der Waals surface area contributed by atoms with Crippen molar-refractivity contribution in [3.63, 3.8) is 0 Å². The lowest BCUT2D eigenvalue weighted by Crippen LogP contribution is -2.41. The summed E-state index contributed by atoms with van der Waals surface area (Å²) in [6, 6.07) is 14.8. The van der Waals surface area contributed by atoms with Crippen molar-refractivity contribution in [2.24, 2.45) is 4.99 Å². The van der Waals surface area contributed by atoms with Gasteiger partial charge in [0.25, 0.3) is 0 Å². The molecule has 0 saturated heterocycles. The fourth-order valence-corrected chi connectivity index (χ4v) is 2.39. The molecule has 0 aliphatic carbocycles. The number of benzene rings is 2. The fraction of sp³-hybridized carbons (Fsp3) is 0.182. The fourth-order valence-electron chi connectivity index (χ4n) is 2.39. The van der Waals surface area contributed by atoms with E-state index in [1.54, 1.807) is 37.4 Å². The summed E-state index contributed by atoms with van der Waals surface area (Å²) in [6.45, 7) is 4.65. The predicted molar refractivity (Wildman–Crippen MR) is 113 cm³/mol. The number of para-hydroxylation sites is 1. The zero-order chi connectivity index (χ0) is 20.2. The molecule has 2 aromatic rings. The van der Waals surface area contributed by atoms with Crippen molar-refractivity contribution in [1.82, 2.24) is 10.6 Å². The smallest absolute Gasteiger partial charge is 0.243 e. The van der Waals surface area contributed by atoms with Crippen LogP contribution in [0.5, 0.6) is 5.75 Å². The molecule has 0 aliphatic rings. The normalized spacial score (nSPS) is 10.5. The number of carbonyl (C=O) groups excluding carboxylic acids is 1. The van der Waals surface area contributed by atoms with Gasteiger partial charge in [0.05, 0.1) is 6.54 Å². The largest absolute Gasteiger partial charge is 0.489 e. The Balaban J connectivity index is 1.85. The maximum atomic E-state index is 12.1. The zero-order valence-corrected chi connectivity index (χ0v) is 15.9. The van der Waals surface area contributed by atoms with Gasteiger partial charge in [0, 0.05) is 30.4 Å². The molecule has 0 radical (unpaired) electrons. The molecule has 0 heterocycles. The number of hydrogen-bond acceptors (Lipinski definition) is 3. The van der Waals surface area contributed by atoms with Crippen LogP contribution in [-0.4, -0.2) is 32.1 Å². The van der Waals surface area contributed by atoms with Gasteiger partial charge < -0.3 is 20.7 Å². The second-order valence-corrected chi connectivity index (χ2v) is 5.76. The Hall–Kier alpha value is -3.72. The highest BCUT2D eigenvalue weighted by Gasteiger charge is 2.07. The molecule has 3 N–H and O–H groups in total. The predicted octanol–water partition coefficient (Wildman–Crippen LogP) is 2.54. The maximum Gasteiger partial charge on any atom is 0.243 e. The Kier molecular flexibility index (Phi) is 8.16. The molecular formula is C22H24N4O2. The Labute approximate surface area is 165 Å². The number of rotatable bonds is 8. The second-order valence-electron chi connectivity index (χ2n) is 5.76. The van der Waals surface area contributed by atoms with Gasteiger partial charge in [-0.3, -0.25) is 9.79 Å². The van der Waals surface area contributed by atoms with Gasteiger partial charge in [-0.1, -0.05) is 42.8 Å². The van der Waals surface area contributed by atoms with Gasteiger partial charge >= 0.3 is 0 Å². The van der Waals surface area contributed by atoms with Crippen LogP contribution in [0.1, 0.15) is 11.1 Å². The number of ether oxygens (including phenoxy) is 1. The molecule has 144 valence electrons. The van der Waals surface area contributed by atoms with E-state index in [-0.39, 0.29) is 12.5 Å². The van der Waals surface area contributed by atoms with E-state index in [1.807, 2.05) is 24.3 Å². The molecule has 6 nitrogen and oxygen atoms in total. The van der Waals surface area contributed by atoms with Crippen molar-refractivity contribution >= 4 is 17.6 Å². The lowest BCUT2D eigenvalue weighted by Gasteiger charge is -2.14. The van der Waals surface area contributed by atoms with Crippen LogP contribution in [0, 0.1) is 12.3 Å². The highest BCUT2D eigenvalue weighted by Crippen LogP contribution is 2.17. The zero-order valence-electron chi connectivity index (χ0n) is 15.9. The summed E-state index contributed by atoms with van der Waals surface area (Å²) in [7, 11) is 1.64. The maximum absolute atomic E-state index is 12.1. The van der Waals surface area contributed by atoms with E-state index in [0.29, 0.717) is 30.4 Å². The number of amides is 1. The van der Waals surface area contributed by atoms with E-state index in [0.717, 1.165) is 11.3 Å². The molecule has 0 unspecified atom stereocenters. The number of terminal acetylenes is 1. The van der Waals surface area contributed by atoms with E-state index >= 15 is 0 Å². The molecule has 28 heavy (non-hydrogen) atoms. The number of anilines is 1. The van der Waals surface area contributed by atoms with Crippen molar-refractivity contribution in [3.05, 3.63) is 72.3 Å². The number of nitrogens with one attached hydrogen (secondary N) is 3. The second kappa shape index (κ2) is 11.1. The van der Waals surface area contributed by atoms with Gasteiger partial charge in [-0.25, -0.2) is 0 Å². The average molecular weight is 376 g/mol. The van der Waals surface area contributed by atoms with Gasteiger partial charge in [-0.05, 0) is 24.3 Å². The highest BCUT2D eigenvalue weighted by molar-refractivity contribution is 5.95. The lowest BCUT2D eigenvalue weighted by atomic mass is 10.2. The van der Waals surface area contributed by atoms with Gasteiger partial charge in [-0.15, -0.1) is 6.42 Å². The van der Waals surface area contributed by atoms with Crippen LogP contribution < -0.4 is 20.7 Å². The van der Waals surface area contributed by atoms with E-state index in [9.17, 15) is 4.79 Å². The van der Waals surface area contributed by atoms with Crippen LogP contribution in [0.15, 0.2) is 66.2 Å². The topological polar surface area (TPSA) is 74.8 Å². The molecule has 0 aliphatic heterocycles. The van der Waals surface area contributed by atoms with Crippen molar-refractivity contribution in [2.75, 3.05) is 25.5 Å². The van der Waals surface area contributed by atoms with E-state index in [1.165, 1.54) is 0 Å². The molecule has 2 aromatic carbocycles. The van der Waals surface area contributed by atoms with Gasteiger partial charge in [0.15, 0.2) is 5.96 Å². The number of aliphatic imine (C=N–C) groups is 1. The Bertz CT molecular complexity index is 884. The Morgan fingerprint density at radius 3 is 2.82 bits per heavy atom. The molecule has 6 heteroatoms. The third kappa shape index (κ3) is 6.54. The minimum absolute atomic E-state index is 0.0641. The summed E-state index contributed by atoms with van der Waals surface area (Å²) in [5.74, 6) is 3.62. The van der Waals surface area contributed by atoms with Crippen LogP contribution in [0.3, 0.4) is 0 Å². The third-order valence-corrected chi connectivity index (χ3v) is 3.73. The van der Waals surface area contributed by atoms with E-state index in [4.69, 9.17) is 11.2 Å². The Morgan fingerprint density at radius 2 is 2.07 bits per heavy atom. The molecule has 0 saturated carbocycles. The quantitative estimate of drug-likeness (QED) is 0.286. The van der Waals surface area contributed by atoms with Gasteiger partial charge in [-0.2, -0.15) is 0 Å². The van der Waals surface area contributed by atoms with Crippen LogP contribution >= 0.6 is 0 Å². The summed E-state index contributed by atoms with van der Waals surface area (Å²) >= 11 is 0. The van der Waals surface area contributed by atoms with Crippen LogP contribution in [0.25, 0.3) is 0 Å². The number of guanidine groups is 1. The van der Waals surface area contributed by atoms with E-state index < -0.39 is 0 Å². The van der Waals surface area contributed by atoms with Crippen LogP contribution in [0.2, 0.25) is 0 Å². The molecule has 0 atom stereocenters. The minimum atomic E-state index is -0.202. The van der Waals surface area contributed by atoms with Crippen LogP contribution in [-0.2, 0) is 11.3 Å². The van der Waals surface area contributed by atoms with E-state index in [2.05, 4.69) is 33.4 Å². The first kappa shape index (κ1) is 20.6. The first-order chi connectivity index (χ1) is 13.7. The van der Waals surface area contributed by atoms with Crippen molar-refractivity contribution in [2.45, 2.75) is 6.54 Å². The SMILES string of the molecule is C#Cc1cccc(NC(=O)CNC(=NC)NCc2ccccc2OCC=C)c1. The first-order valence-corrected chi connectivity index (χ1v) is 8.79. The van der Waals surface area contributed by atoms with Gasteiger partial charge in [0.1, 0.15) is 12.4 Å². The molecule has 0 spiro atoms. The number of hydrogen-bond donors (Lipinski definition) is 3. The summed E-state index contributed by atoms with van der Waals surface area (Å²) in [5, 5.41) is 8.94.